The van der Waals surface area contributed by atoms with Crippen LogP contribution in [0.4, 0.5) is 0 Å². The van der Waals surface area contributed by atoms with Crippen molar-refractivity contribution in [1.82, 2.24) is 4.98 Å². The van der Waals surface area contributed by atoms with Crippen LogP contribution in [-0.2, 0) is 0 Å². The van der Waals surface area contributed by atoms with Gasteiger partial charge in [-0.3, -0.25) is 0 Å². The van der Waals surface area contributed by atoms with E-state index in [4.69, 9.17) is 0 Å². The molecule has 1 rings (SSSR count). The van der Waals surface area contributed by atoms with Gasteiger partial charge in [0.1, 0.15) is 4.60 Å². The predicted molar refractivity (Wildman–Crippen MR) is 54.0 cm³/mol. The van der Waals surface area contributed by atoms with Gasteiger partial charge in [-0.2, -0.15) is 0 Å². The van der Waals surface area contributed by atoms with E-state index >= 15 is 0 Å². The van der Waals surface area contributed by atoms with E-state index in [2.05, 4.69) is 49.8 Å². The molecule has 0 radical (unpaired) electrons. The van der Waals surface area contributed by atoms with Gasteiger partial charge in [0.2, 0.25) is 0 Å². The van der Waals surface area contributed by atoms with E-state index in [1.54, 1.807) is 0 Å². The Morgan fingerprint density at radius 2 is 2.09 bits per heavy atom. The molecule has 1 heterocycles. The lowest BCUT2D eigenvalue weighted by Gasteiger charge is -2.06. The van der Waals surface area contributed by atoms with E-state index in [1.807, 2.05) is 13.0 Å². The van der Waals surface area contributed by atoms with Gasteiger partial charge in [-0.1, -0.05) is 22.0 Å². The van der Waals surface area contributed by atoms with Gasteiger partial charge in [-0.25, -0.2) is 4.98 Å². The molecule has 1 unspecified atom stereocenters. The molecule has 0 amide bonds. The van der Waals surface area contributed by atoms with E-state index in [9.17, 15) is 0 Å². The summed E-state index contributed by atoms with van der Waals surface area (Å²) in [5, 5.41) is 0. The third-order valence-electron chi connectivity index (χ3n) is 1.52. The Kier molecular flexibility index (Phi) is 3.07. The molecule has 1 aromatic rings. The highest BCUT2D eigenvalue weighted by molar-refractivity contribution is 9.10. The number of hydrogen-bond acceptors (Lipinski definition) is 1. The van der Waals surface area contributed by atoms with Crippen LogP contribution in [0.5, 0.6) is 0 Å². The Morgan fingerprint density at radius 3 is 2.55 bits per heavy atom. The molecule has 60 valence electrons. The van der Waals surface area contributed by atoms with E-state index in [0.29, 0.717) is 4.83 Å². The molecule has 0 bridgehead atoms. The van der Waals surface area contributed by atoms with Crippen LogP contribution in [-0.4, -0.2) is 4.98 Å². The Labute approximate surface area is 83.5 Å². The van der Waals surface area contributed by atoms with Crippen molar-refractivity contribution in [1.29, 1.82) is 0 Å². The fraction of sp³-hybridized carbons (Fsp3) is 0.375. The molecule has 0 fully saturated rings. The summed E-state index contributed by atoms with van der Waals surface area (Å²) < 4.78 is 0.895. The van der Waals surface area contributed by atoms with Gasteiger partial charge < -0.3 is 0 Å². The van der Waals surface area contributed by atoms with Gasteiger partial charge >= 0.3 is 0 Å². The standard InChI is InChI=1S/C8H9Br2N/c1-5(9)7-3-4-8(10)11-6(7)2/h3-5H,1-2H3. The molecule has 0 aliphatic heterocycles. The smallest absolute Gasteiger partial charge is 0.106 e. The Hall–Kier alpha value is 0.110. The first-order chi connectivity index (χ1) is 5.11. The lowest BCUT2D eigenvalue weighted by Crippen LogP contribution is -1.92. The minimum Gasteiger partial charge on any atom is -0.246 e. The Bertz CT molecular complexity index is 258. The first kappa shape index (κ1) is 9.20. The second-order valence-electron chi connectivity index (χ2n) is 2.42. The van der Waals surface area contributed by atoms with Gasteiger partial charge in [0.05, 0.1) is 0 Å². The lowest BCUT2D eigenvalue weighted by atomic mass is 10.1. The molecule has 0 saturated heterocycles. The van der Waals surface area contributed by atoms with Crippen molar-refractivity contribution < 1.29 is 0 Å². The largest absolute Gasteiger partial charge is 0.246 e. The SMILES string of the molecule is Cc1nc(Br)ccc1C(C)Br. The summed E-state index contributed by atoms with van der Waals surface area (Å²) in [7, 11) is 0. The third kappa shape index (κ3) is 2.27. The monoisotopic (exact) mass is 277 g/mol. The number of aryl methyl sites for hydroxylation is 1. The maximum atomic E-state index is 4.28. The number of aromatic nitrogens is 1. The molecule has 1 aromatic heterocycles. The van der Waals surface area contributed by atoms with Gasteiger partial charge in [0.15, 0.2) is 0 Å². The van der Waals surface area contributed by atoms with Crippen molar-refractivity contribution in [2.24, 2.45) is 0 Å². The molecule has 3 heteroatoms. The number of alkyl halides is 1. The fourth-order valence-electron chi connectivity index (χ4n) is 0.962. The quantitative estimate of drug-likeness (QED) is 0.565. The van der Waals surface area contributed by atoms with Crippen LogP contribution in [0.15, 0.2) is 16.7 Å². The zero-order chi connectivity index (χ0) is 8.43. The first-order valence-corrected chi connectivity index (χ1v) is 5.09. The summed E-state index contributed by atoms with van der Waals surface area (Å²) in [6.07, 6.45) is 0. The number of hydrogen-bond donors (Lipinski definition) is 0. The van der Waals surface area contributed by atoms with Crippen LogP contribution in [0, 0.1) is 6.92 Å². The van der Waals surface area contributed by atoms with E-state index in [-0.39, 0.29) is 0 Å². The summed E-state index contributed by atoms with van der Waals surface area (Å²) in [4.78, 5) is 4.66. The van der Waals surface area contributed by atoms with Crippen molar-refractivity contribution in [2.45, 2.75) is 18.7 Å². The molecule has 11 heavy (non-hydrogen) atoms. The van der Waals surface area contributed by atoms with Gasteiger partial charge in [-0.15, -0.1) is 0 Å². The Morgan fingerprint density at radius 1 is 1.45 bits per heavy atom. The molecular formula is C8H9Br2N. The molecule has 0 N–H and O–H groups in total. The minimum absolute atomic E-state index is 0.378. The summed E-state index contributed by atoms with van der Waals surface area (Å²) >= 11 is 6.82. The molecule has 0 aliphatic carbocycles. The lowest BCUT2D eigenvalue weighted by molar-refractivity contribution is 1.03. The molecule has 0 aliphatic rings. The van der Waals surface area contributed by atoms with Crippen LogP contribution < -0.4 is 0 Å². The molecule has 1 atom stereocenters. The zero-order valence-corrected chi connectivity index (χ0v) is 9.61. The van der Waals surface area contributed by atoms with E-state index < -0.39 is 0 Å². The van der Waals surface area contributed by atoms with Crippen molar-refractivity contribution >= 4 is 31.9 Å². The second-order valence-corrected chi connectivity index (χ2v) is 4.61. The van der Waals surface area contributed by atoms with Crippen molar-refractivity contribution in [3.8, 4) is 0 Å². The van der Waals surface area contributed by atoms with Crippen molar-refractivity contribution in [3.63, 3.8) is 0 Å². The van der Waals surface area contributed by atoms with Crippen molar-refractivity contribution in [3.05, 3.63) is 28.0 Å². The van der Waals surface area contributed by atoms with Gasteiger partial charge in [0.25, 0.3) is 0 Å². The average molecular weight is 279 g/mol. The van der Waals surface area contributed by atoms with Crippen LogP contribution in [0.2, 0.25) is 0 Å². The molecule has 1 nitrogen and oxygen atoms in total. The van der Waals surface area contributed by atoms with Crippen LogP contribution in [0.1, 0.15) is 23.0 Å². The number of halogens is 2. The van der Waals surface area contributed by atoms with Gasteiger partial charge in [-0.05, 0) is 41.4 Å². The number of pyridine rings is 1. The van der Waals surface area contributed by atoms with E-state index in [0.717, 1.165) is 10.3 Å². The maximum Gasteiger partial charge on any atom is 0.106 e. The van der Waals surface area contributed by atoms with Gasteiger partial charge in [0, 0.05) is 10.5 Å². The molecule has 0 saturated carbocycles. The molecule has 0 aromatic carbocycles. The van der Waals surface area contributed by atoms with Crippen LogP contribution in [0.3, 0.4) is 0 Å². The predicted octanol–water partition coefficient (Wildman–Crippen LogP) is 3.61. The Balaban J connectivity index is 3.09. The van der Waals surface area contributed by atoms with Crippen LogP contribution >= 0.6 is 31.9 Å². The number of rotatable bonds is 1. The summed E-state index contributed by atoms with van der Waals surface area (Å²) in [5.74, 6) is 0. The summed E-state index contributed by atoms with van der Waals surface area (Å²) in [6, 6.07) is 4.03. The topological polar surface area (TPSA) is 12.9 Å². The third-order valence-corrected chi connectivity index (χ3v) is 2.46. The number of nitrogens with zero attached hydrogens (tertiary/aromatic N) is 1. The summed E-state index contributed by atoms with van der Waals surface area (Å²) in [6.45, 7) is 4.11. The second kappa shape index (κ2) is 3.68. The highest BCUT2D eigenvalue weighted by Gasteiger charge is 2.04. The zero-order valence-electron chi connectivity index (χ0n) is 6.44. The summed E-state index contributed by atoms with van der Waals surface area (Å²) in [5.41, 5.74) is 2.32. The highest BCUT2D eigenvalue weighted by atomic mass is 79.9. The minimum atomic E-state index is 0.378. The fourth-order valence-corrected chi connectivity index (χ4v) is 1.84. The average Bonchev–Trinajstić information content (AvgIpc) is 1.85. The van der Waals surface area contributed by atoms with Crippen LogP contribution in [0.25, 0.3) is 0 Å². The van der Waals surface area contributed by atoms with E-state index in [1.165, 1.54) is 5.56 Å². The molecular weight excluding hydrogens is 270 g/mol. The first-order valence-electron chi connectivity index (χ1n) is 3.38. The van der Waals surface area contributed by atoms with Crippen molar-refractivity contribution in [2.75, 3.05) is 0 Å². The maximum absolute atomic E-state index is 4.28. The molecule has 0 spiro atoms. The normalized spacial score (nSPS) is 13.1. The highest BCUT2D eigenvalue weighted by Crippen LogP contribution is 2.24.